The number of rotatable bonds is 4. The first-order chi connectivity index (χ1) is 9.84. The fourth-order valence-corrected chi connectivity index (χ4v) is 5.85. The van der Waals surface area contributed by atoms with Crippen LogP contribution < -0.4 is 5.32 Å². The molecule has 1 aromatic rings. The third kappa shape index (κ3) is 3.80. The van der Waals surface area contributed by atoms with E-state index in [0.29, 0.717) is 35.0 Å². The minimum atomic E-state index is -3.39. The summed E-state index contributed by atoms with van der Waals surface area (Å²) in [7, 11) is -1.53. The summed E-state index contributed by atoms with van der Waals surface area (Å²) in [6, 6.07) is 5.42. The molecule has 1 aliphatic heterocycles. The molecule has 0 amide bonds. The number of aryl methyl sites for hydroxylation is 1. The predicted molar refractivity (Wildman–Crippen MR) is 89.2 cm³/mol. The second-order valence-electron chi connectivity index (χ2n) is 5.70. The van der Waals surface area contributed by atoms with Crippen molar-refractivity contribution in [3.63, 3.8) is 0 Å². The van der Waals surface area contributed by atoms with Crippen LogP contribution in [0.3, 0.4) is 0 Å². The van der Waals surface area contributed by atoms with Gasteiger partial charge in [-0.05, 0) is 37.2 Å². The minimum absolute atomic E-state index is 0.339. The van der Waals surface area contributed by atoms with Crippen LogP contribution in [0.15, 0.2) is 23.1 Å². The van der Waals surface area contributed by atoms with Gasteiger partial charge in [-0.15, -0.1) is 0 Å². The van der Waals surface area contributed by atoms with Crippen molar-refractivity contribution in [3.8, 4) is 0 Å². The van der Waals surface area contributed by atoms with Crippen molar-refractivity contribution in [2.45, 2.75) is 42.7 Å². The zero-order valence-electron chi connectivity index (χ0n) is 13.1. The lowest BCUT2D eigenvalue weighted by atomic mass is 10.1. The third-order valence-corrected chi connectivity index (χ3v) is 6.77. The molecule has 1 aromatic carbocycles. The van der Waals surface area contributed by atoms with E-state index in [9.17, 15) is 8.42 Å². The van der Waals surface area contributed by atoms with E-state index in [4.69, 9.17) is 0 Å². The number of benzene rings is 1. The Morgan fingerprint density at radius 2 is 1.90 bits per heavy atom. The highest BCUT2D eigenvalue weighted by molar-refractivity contribution is 8.00. The maximum atomic E-state index is 12.8. The SMILES string of the molecule is CNCc1cc(S(=O)(=O)N2CC(C)SC(C)C2)ccc1C. The average molecular weight is 329 g/mol. The standard InChI is InChI=1S/C15H24N2O2S2/c1-11-5-6-15(7-14(11)8-16-4)21(18,19)17-9-12(2)20-13(3)10-17/h5-7,12-13,16H,8-10H2,1-4H3. The minimum Gasteiger partial charge on any atom is -0.316 e. The summed E-state index contributed by atoms with van der Waals surface area (Å²) < 4.78 is 27.3. The Bertz CT molecular complexity index is 592. The van der Waals surface area contributed by atoms with Crippen molar-refractivity contribution < 1.29 is 8.42 Å². The second kappa shape index (κ2) is 6.69. The number of sulfonamides is 1. The van der Waals surface area contributed by atoms with E-state index < -0.39 is 10.0 Å². The Balaban J connectivity index is 2.33. The van der Waals surface area contributed by atoms with Crippen LogP contribution in [0.2, 0.25) is 0 Å². The van der Waals surface area contributed by atoms with Crippen molar-refractivity contribution in [1.82, 2.24) is 9.62 Å². The van der Waals surface area contributed by atoms with Crippen molar-refractivity contribution in [1.29, 1.82) is 0 Å². The quantitative estimate of drug-likeness (QED) is 0.921. The van der Waals surface area contributed by atoms with E-state index in [1.807, 2.05) is 31.8 Å². The van der Waals surface area contributed by atoms with Crippen LogP contribution in [-0.2, 0) is 16.6 Å². The third-order valence-electron chi connectivity index (χ3n) is 3.71. The Morgan fingerprint density at radius 3 is 2.48 bits per heavy atom. The van der Waals surface area contributed by atoms with Crippen LogP contribution in [0.4, 0.5) is 0 Å². The summed E-state index contributed by atoms with van der Waals surface area (Å²) in [5, 5.41) is 3.76. The fourth-order valence-electron chi connectivity index (χ4n) is 2.67. The second-order valence-corrected chi connectivity index (χ2v) is 9.52. The van der Waals surface area contributed by atoms with Gasteiger partial charge in [0.2, 0.25) is 10.0 Å². The molecule has 1 fully saturated rings. The zero-order chi connectivity index (χ0) is 15.6. The summed E-state index contributed by atoms with van der Waals surface area (Å²) in [4.78, 5) is 0.407. The van der Waals surface area contributed by atoms with E-state index in [1.54, 1.807) is 16.4 Å². The van der Waals surface area contributed by atoms with Crippen molar-refractivity contribution in [2.24, 2.45) is 0 Å². The molecule has 1 N–H and O–H groups in total. The molecule has 4 nitrogen and oxygen atoms in total. The monoisotopic (exact) mass is 328 g/mol. The lowest BCUT2D eigenvalue weighted by Crippen LogP contribution is -2.43. The lowest BCUT2D eigenvalue weighted by Gasteiger charge is -2.33. The molecule has 2 unspecified atom stereocenters. The van der Waals surface area contributed by atoms with E-state index in [1.165, 1.54) is 0 Å². The van der Waals surface area contributed by atoms with E-state index in [0.717, 1.165) is 11.1 Å². The first-order valence-corrected chi connectivity index (χ1v) is 9.62. The van der Waals surface area contributed by atoms with Gasteiger partial charge < -0.3 is 5.32 Å². The van der Waals surface area contributed by atoms with Gasteiger partial charge in [-0.25, -0.2) is 8.42 Å². The molecule has 2 rings (SSSR count). The molecule has 0 bridgehead atoms. The highest BCUT2D eigenvalue weighted by Crippen LogP contribution is 2.29. The van der Waals surface area contributed by atoms with E-state index in [-0.39, 0.29) is 0 Å². The normalized spacial score (nSPS) is 24.2. The largest absolute Gasteiger partial charge is 0.316 e. The molecule has 0 aromatic heterocycles. The number of nitrogens with one attached hydrogen (secondary N) is 1. The number of hydrogen-bond donors (Lipinski definition) is 1. The average Bonchev–Trinajstić information content (AvgIpc) is 2.40. The Morgan fingerprint density at radius 1 is 1.29 bits per heavy atom. The van der Waals surface area contributed by atoms with Crippen LogP contribution in [0.5, 0.6) is 0 Å². The molecular weight excluding hydrogens is 304 g/mol. The van der Waals surface area contributed by atoms with Gasteiger partial charge in [0.25, 0.3) is 0 Å². The molecule has 0 saturated carbocycles. The van der Waals surface area contributed by atoms with Gasteiger partial charge in [0.1, 0.15) is 0 Å². The summed E-state index contributed by atoms with van der Waals surface area (Å²) in [6.45, 7) is 8.04. The predicted octanol–water partition coefficient (Wildman–Crippen LogP) is 2.23. The lowest BCUT2D eigenvalue weighted by molar-refractivity contribution is 0.405. The van der Waals surface area contributed by atoms with Crippen molar-refractivity contribution in [3.05, 3.63) is 29.3 Å². The first-order valence-electron chi connectivity index (χ1n) is 7.24. The molecule has 118 valence electrons. The van der Waals surface area contributed by atoms with Crippen molar-refractivity contribution in [2.75, 3.05) is 20.1 Å². The maximum Gasteiger partial charge on any atom is 0.243 e. The molecule has 0 aliphatic carbocycles. The summed E-state index contributed by atoms with van der Waals surface area (Å²) >= 11 is 1.85. The Kier molecular flexibility index (Phi) is 5.35. The van der Waals surface area contributed by atoms with Crippen LogP contribution >= 0.6 is 11.8 Å². The van der Waals surface area contributed by atoms with Gasteiger partial charge in [-0.2, -0.15) is 16.1 Å². The van der Waals surface area contributed by atoms with Gasteiger partial charge in [0.05, 0.1) is 4.90 Å². The van der Waals surface area contributed by atoms with Gasteiger partial charge in [0, 0.05) is 30.1 Å². The maximum absolute atomic E-state index is 12.8. The van der Waals surface area contributed by atoms with Crippen LogP contribution in [-0.4, -0.2) is 43.4 Å². The Labute approximate surface area is 132 Å². The smallest absolute Gasteiger partial charge is 0.243 e. The molecule has 2 atom stereocenters. The van der Waals surface area contributed by atoms with Crippen LogP contribution in [0.1, 0.15) is 25.0 Å². The molecule has 1 heterocycles. The molecule has 0 radical (unpaired) electrons. The molecule has 6 heteroatoms. The van der Waals surface area contributed by atoms with Gasteiger partial charge in [-0.3, -0.25) is 0 Å². The van der Waals surface area contributed by atoms with Crippen molar-refractivity contribution >= 4 is 21.8 Å². The number of thioether (sulfide) groups is 1. The molecule has 21 heavy (non-hydrogen) atoms. The fraction of sp³-hybridized carbons (Fsp3) is 0.600. The zero-order valence-corrected chi connectivity index (χ0v) is 14.7. The highest BCUT2D eigenvalue weighted by atomic mass is 32.2. The van der Waals surface area contributed by atoms with Gasteiger partial charge in [0.15, 0.2) is 0 Å². The molecule has 1 saturated heterocycles. The summed E-state index contributed by atoms with van der Waals surface area (Å²) in [5.41, 5.74) is 2.14. The molecular formula is C15H24N2O2S2. The molecule has 1 aliphatic rings. The number of hydrogen-bond acceptors (Lipinski definition) is 4. The Hall–Kier alpha value is -0.560. The highest BCUT2D eigenvalue weighted by Gasteiger charge is 2.32. The van der Waals surface area contributed by atoms with Gasteiger partial charge in [-0.1, -0.05) is 19.9 Å². The summed E-state index contributed by atoms with van der Waals surface area (Å²) in [6.07, 6.45) is 0. The van der Waals surface area contributed by atoms with Crippen LogP contribution in [0.25, 0.3) is 0 Å². The van der Waals surface area contributed by atoms with E-state index in [2.05, 4.69) is 19.2 Å². The number of nitrogens with zero attached hydrogens (tertiary/aromatic N) is 1. The van der Waals surface area contributed by atoms with Crippen LogP contribution in [0, 0.1) is 6.92 Å². The van der Waals surface area contributed by atoms with E-state index >= 15 is 0 Å². The first kappa shape index (κ1) is 16.8. The summed E-state index contributed by atoms with van der Waals surface area (Å²) in [5.74, 6) is 0. The topological polar surface area (TPSA) is 49.4 Å². The molecule has 0 spiro atoms. The van der Waals surface area contributed by atoms with Gasteiger partial charge >= 0.3 is 0 Å².